The molecule has 0 aliphatic heterocycles. The van der Waals surface area contributed by atoms with E-state index < -0.39 is 4.87 Å². The average molecular weight is 161 g/mol. The van der Waals surface area contributed by atoms with Crippen molar-refractivity contribution < 1.29 is 9.18 Å². The molecule has 0 aromatic carbocycles. The molecule has 0 heterocycles. The predicted octanol–water partition coefficient (Wildman–Crippen LogP) is 1.98. The predicted molar refractivity (Wildman–Crippen MR) is 37.6 cm³/mol. The van der Waals surface area contributed by atoms with E-state index in [-0.39, 0.29) is 12.2 Å². The Morgan fingerprint density at radius 3 is 2.90 bits per heavy atom. The second-order valence-corrected chi connectivity index (χ2v) is 2.87. The van der Waals surface area contributed by atoms with Crippen LogP contribution >= 0.6 is 11.6 Å². The van der Waals surface area contributed by atoms with Crippen molar-refractivity contribution >= 4 is 17.9 Å². The van der Waals surface area contributed by atoms with E-state index in [2.05, 4.69) is 0 Å². The number of alkyl halides is 1. The summed E-state index contributed by atoms with van der Waals surface area (Å²) < 4.78 is 12.3. The number of carbonyl (C=O) groups is 1. The number of halogens is 2. The summed E-state index contributed by atoms with van der Waals surface area (Å²) >= 11 is 5.66. The van der Waals surface area contributed by atoms with Gasteiger partial charge in [-0.15, -0.1) is 11.6 Å². The van der Waals surface area contributed by atoms with Crippen LogP contribution in [-0.2, 0) is 4.79 Å². The van der Waals surface area contributed by atoms with E-state index in [1.54, 1.807) is 0 Å². The zero-order valence-corrected chi connectivity index (χ0v) is 5.94. The Labute approximate surface area is 63.2 Å². The quantitative estimate of drug-likeness (QED) is 0.424. The van der Waals surface area contributed by atoms with Gasteiger partial charge in [-0.2, -0.15) is 0 Å². The third-order valence-electron chi connectivity index (χ3n) is 1.33. The fraction of sp³-hybridized carbons (Fsp3) is 0.286. The normalized spacial score (nSPS) is 31.6. The van der Waals surface area contributed by atoms with E-state index in [9.17, 15) is 9.18 Å². The highest BCUT2D eigenvalue weighted by atomic mass is 35.5. The van der Waals surface area contributed by atoms with Crippen LogP contribution in [0.25, 0.3) is 0 Å². The Morgan fingerprint density at radius 2 is 2.50 bits per heavy atom. The van der Waals surface area contributed by atoms with Gasteiger partial charge in [-0.05, 0) is 18.6 Å². The monoisotopic (exact) mass is 160 g/mol. The molecule has 1 unspecified atom stereocenters. The molecule has 1 rings (SSSR count). The Hall–Kier alpha value is -0.630. The largest absolute Gasteiger partial charge is 0.301 e. The van der Waals surface area contributed by atoms with Crippen LogP contribution in [-0.4, -0.2) is 11.2 Å². The van der Waals surface area contributed by atoms with Crippen molar-refractivity contribution in [1.29, 1.82) is 0 Å². The zero-order chi connectivity index (χ0) is 7.61. The van der Waals surface area contributed by atoms with Crippen molar-refractivity contribution in [3.8, 4) is 0 Å². The van der Waals surface area contributed by atoms with Crippen molar-refractivity contribution in [3.63, 3.8) is 0 Å². The fourth-order valence-corrected chi connectivity index (χ4v) is 0.836. The summed E-state index contributed by atoms with van der Waals surface area (Å²) in [7, 11) is 0. The first kappa shape index (κ1) is 7.48. The molecule has 1 nitrogen and oxygen atoms in total. The van der Waals surface area contributed by atoms with Gasteiger partial charge >= 0.3 is 0 Å². The highest BCUT2D eigenvalue weighted by molar-refractivity contribution is 6.33. The molecular weight excluding hydrogens is 155 g/mol. The maximum atomic E-state index is 12.3. The summed E-state index contributed by atoms with van der Waals surface area (Å²) in [5.41, 5.74) is 0. The minimum atomic E-state index is -1.00. The number of aldehydes is 1. The lowest BCUT2D eigenvalue weighted by atomic mass is 10.0. The van der Waals surface area contributed by atoms with Crippen molar-refractivity contribution in [3.05, 3.63) is 24.1 Å². The SMILES string of the molecule is O=CC1(Cl)C=CC(F)=CC1. The first-order valence-corrected chi connectivity index (χ1v) is 3.24. The first-order chi connectivity index (χ1) is 4.66. The molecule has 54 valence electrons. The van der Waals surface area contributed by atoms with Gasteiger partial charge in [0.2, 0.25) is 0 Å². The summed E-state index contributed by atoms with van der Waals surface area (Å²) in [5.74, 6) is -0.335. The molecule has 1 aliphatic rings. The first-order valence-electron chi connectivity index (χ1n) is 2.86. The van der Waals surface area contributed by atoms with E-state index in [1.807, 2.05) is 0 Å². The molecule has 0 fully saturated rings. The molecule has 1 aliphatic carbocycles. The molecule has 0 N–H and O–H groups in total. The molecule has 0 aromatic rings. The summed E-state index contributed by atoms with van der Waals surface area (Å²) in [5, 5.41) is 0. The smallest absolute Gasteiger partial charge is 0.145 e. The second-order valence-electron chi connectivity index (χ2n) is 2.17. The van der Waals surface area contributed by atoms with Gasteiger partial charge in [-0.25, -0.2) is 4.39 Å². The van der Waals surface area contributed by atoms with E-state index in [1.165, 1.54) is 18.2 Å². The van der Waals surface area contributed by atoms with Gasteiger partial charge in [0, 0.05) is 0 Å². The van der Waals surface area contributed by atoms with Gasteiger partial charge in [0.25, 0.3) is 0 Å². The molecule has 3 heteroatoms. The van der Waals surface area contributed by atoms with Gasteiger partial charge in [-0.1, -0.05) is 6.08 Å². The highest BCUT2D eigenvalue weighted by Gasteiger charge is 2.24. The van der Waals surface area contributed by atoms with Gasteiger partial charge in [0.15, 0.2) is 0 Å². The van der Waals surface area contributed by atoms with E-state index in [0.717, 1.165) is 0 Å². The summed E-state index contributed by atoms with van der Waals surface area (Å²) in [4.78, 5) is 9.25. The van der Waals surface area contributed by atoms with Crippen molar-refractivity contribution in [2.45, 2.75) is 11.3 Å². The van der Waals surface area contributed by atoms with Crippen LogP contribution in [0.2, 0.25) is 0 Å². The lowest BCUT2D eigenvalue weighted by Gasteiger charge is -2.15. The maximum Gasteiger partial charge on any atom is 0.145 e. The van der Waals surface area contributed by atoms with Gasteiger partial charge in [0.1, 0.15) is 17.0 Å². The minimum Gasteiger partial charge on any atom is -0.301 e. The van der Waals surface area contributed by atoms with Crippen LogP contribution in [0.4, 0.5) is 4.39 Å². The molecule has 0 saturated carbocycles. The van der Waals surface area contributed by atoms with Gasteiger partial charge in [-0.3, -0.25) is 0 Å². The maximum absolute atomic E-state index is 12.3. The topological polar surface area (TPSA) is 17.1 Å². The third kappa shape index (κ3) is 1.45. The molecule has 0 bridgehead atoms. The molecule has 0 spiro atoms. The van der Waals surface area contributed by atoms with Crippen LogP contribution in [0.15, 0.2) is 24.1 Å². The standard InChI is InChI=1S/C7H6ClFO/c8-7(5-10)3-1-6(9)2-4-7/h1-3,5H,4H2. The number of carbonyl (C=O) groups excluding carboxylic acids is 1. The Balaban J connectivity index is 2.76. The van der Waals surface area contributed by atoms with E-state index in [0.29, 0.717) is 6.29 Å². The number of hydrogen-bond acceptors (Lipinski definition) is 1. The second kappa shape index (κ2) is 2.54. The van der Waals surface area contributed by atoms with Crippen molar-refractivity contribution in [2.24, 2.45) is 0 Å². The number of allylic oxidation sites excluding steroid dienone is 4. The Bertz CT molecular complexity index is 210. The summed E-state index contributed by atoms with van der Waals surface area (Å²) in [6, 6.07) is 0. The zero-order valence-electron chi connectivity index (χ0n) is 5.18. The highest BCUT2D eigenvalue weighted by Crippen LogP contribution is 2.25. The molecule has 0 amide bonds. The lowest BCUT2D eigenvalue weighted by molar-refractivity contribution is -0.109. The van der Waals surface area contributed by atoms with Crippen LogP contribution in [0.1, 0.15) is 6.42 Å². The third-order valence-corrected chi connectivity index (χ3v) is 1.69. The van der Waals surface area contributed by atoms with Crippen molar-refractivity contribution in [1.82, 2.24) is 0 Å². The fourth-order valence-electron chi connectivity index (χ4n) is 0.696. The van der Waals surface area contributed by atoms with Crippen LogP contribution in [0.3, 0.4) is 0 Å². The minimum absolute atomic E-state index is 0.236. The number of hydrogen-bond donors (Lipinski definition) is 0. The molecule has 10 heavy (non-hydrogen) atoms. The number of rotatable bonds is 1. The molecule has 0 radical (unpaired) electrons. The van der Waals surface area contributed by atoms with E-state index in [4.69, 9.17) is 11.6 Å². The summed E-state index contributed by atoms with van der Waals surface area (Å²) in [6.45, 7) is 0. The molecule has 1 atom stereocenters. The van der Waals surface area contributed by atoms with Crippen molar-refractivity contribution in [2.75, 3.05) is 0 Å². The van der Waals surface area contributed by atoms with E-state index >= 15 is 0 Å². The summed E-state index contributed by atoms with van der Waals surface area (Å²) in [6.07, 6.45) is 4.69. The van der Waals surface area contributed by atoms with Crippen LogP contribution in [0, 0.1) is 0 Å². The van der Waals surface area contributed by atoms with Gasteiger partial charge < -0.3 is 4.79 Å². The average Bonchev–Trinajstić information content (AvgIpc) is 1.96. The van der Waals surface area contributed by atoms with Crippen LogP contribution in [0.5, 0.6) is 0 Å². The lowest BCUT2D eigenvalue weighted by Crippen LogP contribution is -2.20. The molecule has 0 saturated heterocycles. The van der Waals surface area contributed by atoms with Crippen LogP contribution < -0.4 is 0 Å². The Morgan fingerprint density at radius 1 is 1.80 bits per heavy atom. The molecule has 0 aromatic heterocycles. The Kier molecular flexibility index (Phi) is 1.90. The molecular formula is C7H6ClFO. The van der Waals surface area contributed by atoms with Gasteiger partial charge in [0.05, 0.1) is 0 Å².